The van der Waals surface area contributed by atoms with Gasteiger partial charge in [-0.15, -0.1) is 0 Å². The molecule has 0 heterocycles. The molecule has 0 aliphatic rings. The van der Waals surface area contributed by atoms with Crippen molar-refractivity contribution in [2.45, 2.75) is 135 Å². The highest BCUT2D eigenvalue weighted by Gasteiger charge is 2.27. The Morgan fingerprint density at radius 2 is 1.15 bits per heavy atom. The molecule has 0 saturated carbocycles. The van der Waals surface area contributed by atoms with E-state index in [1.807, 2.05) is 45.4 Å². The summed E-state index contributed by atoms with van der Waals surface area (Å²) in [7, 11) is 1.32. The summed E-state index contributed by atoms with van der Waals surface area (Å²) < 4.78 is 34.0. The second-order valence-corrected chi connectivity index (χ2v) is 16.6. The van der Waals surface area contributed by atoms with Crippen molar-refractivity contribution in [2.75, 3.05) is 47.5 Å². The number of carbonyl (C=O) groups excluding carboxylic acids is 2. The summed E-state index contributed by atoms with van der Waals surface area (Å²) in [5.41, 5.74) is 0. The molecule has 0 bridgehead atoms. The van der Waals surface area contributed by atoms with Crippen LogP contribution in [0.3, 0.4) is 0 Å². The van der Waals surface area contributed by atoms with Crippen LogP contribution in [0.4, 0.5) is 0 Å². The number of aliphatic hydroxyl groups excluding tert-OH is 1. The number of allylic oxidation sites excluding steroid dienone is 17. The van der Waals surface area contributed by atoms with Crippen LogP contribution in [0.15, 0.2) is 109 Å². The number of esters is 2. The molecule has 0 spiro atoms. The number of hydrogen-bond donors (Lipinski definition) is 2. The van der Waals surface area contributed by atoms with E-state index in [0.717, 1.165) is 51.4 Å². The summed E-state index contributed by atoms with van der Waals surface area (Å²) >= 11 is 0. The van der Waals surface area contributed by atoms with E-state index in [0.29, 0.717) is 36.7 Å². The molecule has 3 atom stereocenters. The van der Waals surface area contributed by atoms with Gasteiger partial charge in [-0.05, 0) is 83.5 Å². The number of likely N-dealkylation sites (N-methyl/N-ethyl adjacent to an activating group) is 1. The second-order valence-electron chi connectivity index (χ2n) is 15.2. The number of phosphoric acid groups is 1. The predicted octanol–water partition coefficient (Wildman–Crippen LogP) is 11.3. The van der Waals surface area contributed by atoms with E-state index in [4.69, 9.17) is 18.5 Å². The van der Waals surface area contributed by atoms with Crippen LogP contribution >= 0.6 is 7.82 Å². The van der Waals surface area contributed by atoms with Crippen molar-refractivity contribution in [1.82, 2.24) is 0 Å². The Hall–Kier alpha value is -3.37. The van der Waals surface area contributed by atoms with Gasteiger partial charge in [-0.2, -0.15) is 0 Å². The topological polar surface area (TPSA) is 129 Å². The Bertz CT molecular complexity index is 1380. The minimum absolute atomic E-state index is 0.0153. The quantitative estimate of drug-likeness (QED) is 0.0157. The molecule has 334 valence electrons. The van der Waals surface area contributed by atoms with Crippen molar-refractivity contribution in [3.05, 3.63) is 109 Å². The lowest BCUT2D eigenvalue weighted by Gasteiger charge is -2.24. The molecule has 0 aromatic carbocycles. The summed E-state index contributed by atoms with van der Waals surface area (Å²) in [5, 5.41) is 10.3. The lowest BCUT2D eigenvalue weighted by molar-refractivity contribution is -0.870. The SMILES string of the molecule is CC/C=C\C/C=C\C/C=C\C/C=C\C/C=C\CCCC(=O)O[C@H](COC(=O)CCC[C@H](O)/C=C/C=C\C/C=C\C/C=C\CCCCC)COP(=O)(O)OCC[N+](C)(C)C. The van der Waals surface area contributed by atoms with Crippen molar-refractivity contribution >= 4 is 19.8 Å². The predicted molar refractivity (Wildman–Crippen MR) is 244 cm³/mol. The number of hydrogen-bond acceptors (Lipinski definition) is 8. The monoisotopic (exact) mass is 845 g/mol. The molecule has 0 rings (SSSR count). The Morgan fingerprint density at radius 3 is 1.71 bits per heavy atom. The van der Waals surface area contributed by atoms with Crippen molar-refractivity contribution in [3.8, 4) is 0 Å². The molecule has 0 aliphatic carbocycles. The number of rotatable bonds is 37. The smallest absolute Gasteiger partial charge is 0.462 e. The van der Waals surface area contributed by atoms with Gasteiger partial charge in [0.2, 0.25) is 0 Å². The Labute approximate surface area is 358 Å². The maximum atomic E-state index is 12.7. The Balaban J connectivity index is 4.69. The molecule has 0 aromatic rings. The minimum atomic E-state index is -4.44. The average Bonchev–Trinajstić information content (AvgIpc) is 3.18. The fourth-order valence-electron chi connectivity index (χ4n) is 4.97. The minimum Gasteiger partial charge on any atom is -0.462 e. The first-order chi connectivity index (χ1) is 28.4. The second kappa shape index (κ2) is 38.8. The molecule has 0 aromatic heterocycles. The highest BCUT2D eigenvalue weighted by Crippen LogP contribution is 2.43. The summed E-state index contributed by atoms with van der Waals surface area (Å²) in [4.78, 5) is 35.4. The first kappa shape index (κ1) is 55.6. The highest BCUT2D eigenvalue weighted by molar-refractivity contribution is 7.47. The third-order valence-electron chi connectivity index (χ3n) is 8.39. The average molecular weight is 845 g/mol. The molecule has 0 saturated heterocycles. The number of nitrogens with zero attached hydrogens (tertiary/aromatic N) is 1. The zero-order valence-corrected chi connectivity index (χ0v) is 37.9. The summed E-state index contributed by atoms with van der Waals surface area (Å²) in [6.45, 7) is 3.95. The van der Waals surface area contributed by atoms with Crippen LogP contribution in [0.1, 0.15) is 123 Å². The molecule has 59 heavy (non-hydrogen) atoms. The van der Waals surface area contributed by atoms with Gasteiger partial charge in [0.15, 0.2) is 6.10 Å². The van der Waals surface area contributed by atoms with E-state index in [-0.39, 0.29) is 26.1 Å². The van der Waals surface area contributed by atoms with E-state index in [1.54, 1.807) is 12.2 Å². The molecule has 0 fully saturated rings. The first-order valence-electron chi connectivity index (χ1n) is 21.7. The number of ether oxygens (including phenoxy) is 2. The molecule has 0 radical (unpaired) electrons. The fraction of sp³-hybridized carbons (Fsp3) is 0.583. The van der Waals surface area contributed by atoms with Crippen molar-refractivity contribution in [3.63, 3.8) is 0 Å². The van der Waals surface area contributed by atoms with Crippen molar-refractivity contribution in [2.24, 2.45) is 0 Å². The fourth-order valence-corrected chi connectivity index (χ4v) is 5.72. The Kier molecular flexibility index (Phi) is 36.6. The van der Waals surface area contributed by atoms with E-state index >= 15 is 0 Å². The largest absolute Gasteiger partial charge is 0.472 e. The molecule has 0 aliphatic heterocycles. The number of quaternary nitrogens is 1. The summed E-state index contributed by atoms with van der Waals surface area (Å²) in [6.07, 6.45) is 48.9. The standard InChI is InChI=1S/C48H78NO9P/c1-6-8-10-12-14-16-18-20-21-22-23-25-27-29-31-33-35-39-48(52)58-46(44-57-59(53,54)56-42-41-49(3,4)5)43-55-47(51)40-36-38-45(50)37-34-32-30-28-26-24-19-17-15-13-11-9-7-2/h8,10,14-17,20-21,23-26,29-32,34,37,45-46,50H,6-7,9,11-13,18-19,22,27-28,33,35-36,38-44H2,1-5H3/p+1/b10-8-,16-14-,17-15-,21-20-,25-23-,26-24-,31-29-,32-30-,37-34+/t45-,46-/m1/s1. The maximum absolute atomic E-state index is 12.7. The van der Waals surface area contributed by atoms with Crippen LogP contribution in [0.5, 0.6) is 0 Å². The van der Waals surface area contributed by atoms with Crippen LogP contribution in [-0.4, -0.2) is 86.1 Å². The van der Waals surface area contributed by atoms with Gasteiger partial charge in [-0.1, -0.05) is 136 Å². The Morgan fingerprint density at radius 1 is 0.627 bits per heavy atom. The molecular weight excluding hydrogens is 766 g/mol. The van der Waals surface area contributed by atoms with Crippen molar-refractivity contribution in [1.29, 1.82) is 0 Å². The van der Waals surface area contributed by atoms with Gasteiger partial charge in [-0.25, -0.2) is 4.57 Å². The third kappa shape index (κ3) is 42.6. The zero-order chi connectivity index (χ0) is 43.7. The van der Waals surface area contributed by atoms with E-state index < -0.39 is 38.6 Å². The number of phosphoric ester groups is 1. The number of unbranched alkanes of at least 4 members (excludes halogenated alkanes) is 4. The van der Waals surface area contributed by atoms with Crippen LogP contribution in [0.25, 0.3) is 0 Å². The van der Waals surface area contributed by atoms with Gasteiger partial charge >= 0.3 is 19.8 Å². The van der Waals surface area contributed by atoms with Gasteiger partial charge in [0, 0.05) is 12.8 Å². The molecule has 1 unspecified atom stereocenters. The van der Waals surface area contributed by atoms with E-state index in [9.17, 15) is 24.2 Å². The molecule has 11 heteroatoms. The molecular formula is C48H79NO9P+. The number of carbonyl (C=O) groups is 2. The van der Waals surface area contributed by atoms with Crippen LogP contribution < -0.4 is 0 Å². The highest BCUT2D eigenvalue weighted by atomic mass is 31.2. The van der Waals surface area contributed by atoms with Crippen LogP contribution in [0, 0.1) is 0 Å². The number of aliphatic hydroxyl groups is 1. The van der Waals surface area contributed by atoms with E-state index in [1.165, 1.54) is 19.3 Å². The zero-order valence-electron chi connectivity index (χ0n) is 37.0. The maximum Gasteiger partial charge on any atom is 0.472 e. The normalized spacial score (nSPS) is 15.2. The van der Waals surface area contributed by atoms with Crippen LogP contribution in [0.2, 0.25) is 0 Å². The molecule has 10 nitrogen and oxygen atoms in total. The lowest BCUT2D eigenvalue weighted by atomic mass is 10.1. The van der Waals surface area contributed by atoms with Gasteiger partial charge in [-0.3, -0.25) is 18.6 Å². The first-order valence-corrected chi connectivity index (χ1v) is 23.2. The summed E-state index contributed by atoms with van der Waals surface area (Å²) in [6, 6.07) is 0. The third-order valence-corrected chi connectivity index (χ3v) is 9.38. The van der Waals surface area contributed by atoms with Gasteiger partial charge < -0.3 is 24.0 Å². The van der Waals surface area contributed by atoms with E-state index in [2.05, 4.69) is 86.8 Å². The summed E-state index contributed by atoms with van der Waals surface area (Å²) in [5.74, 6) is -1.08. The van der Waals surface area contributed by atoms with Crippen molar-refractivity contribution < 1.29 is 47.2 Å². The van der Waals surface area contributed by atoms with Crippen LogP contribution in [-0.2, 0) is 32.7 Å². The van der Waals surface area contributed by atoms with Gasteiger partial charge in [0.05, 0.1) is 33.9 Å². The lowest BCUT2D eigenvalue weighted by Crippen LogP contribution is -2.37. The van der Waals surface area contributed by atoms with Gasteiger partial charge in [0.25, 0.3) is 0 Å². The van der Waals surface area contributed by atoms with Gasteiger partial charge in [0.1, 0.15) is 19.8 Å². The molecule has 2 N–H and O–H groups in total. The molecule has 0 amide bonds.